The van der Waals surface area contributed by atoms with Gasteiger partial charge in [0.2, 0.25) is 5.91 Å². The summed E-state index contributed by atoms with van der Waals surface area (Å²) >= 11 is 0. The van der Waals surface area contributed by atoms with Crippen molar-refractivity contribution in [3.05, 3.63) is 42.6 Å². The minimum atomic E-state index is -0.0690. The summed E-state index contributed by atoms with van der Waals surface area (Å²) in [6.45, 7) is 6.28. The Bertz CT molecular complexity index is 753. The van der Waals surface area contributed by atoms with Gasteiger partial charge in [-0.1, -0.05) is 24.8 Å². The molecule has 4 heteroatoms. The van der Waals surface area contributed by atoms with Crippen LogP contribution in [0.3, 0.4) is 0 Å². The summed E-state index contributed by atoms with van der Waals surface area (Å²) in [5, 5.41) is 4.27. The number of amides is 1. The lowest BCUT2D eigenvalue weighted by molar-refractivity contribution is -0.123. The van der Waals surface area contributed by atoms with Gasteiger partial charge in [-0.3, -0.25) is 4.79 Å². The number of nitrogens with zero attached hydrogens (tertiary/aromatic N) is 2. The normalized spacial score (nSPS) is 24.0. The number of piperidine rings is 3. The second-order valence-electron chi connectivity index (χ2n) is 6.43. The van der Waals surface area contributed by atoms with E-state index >= 15 is 0 Å². The minimum Gasteiger partial charge on any atom is -0.375 e. The highest BCUT2D eigenvalue weighted by Gasteiger charge is 2.41. The Labute approximate surface area is 130 Å². The second kappa shape index (κ2) is 4.90. The quantitative estimate of drug-likeness (QED) is 0.925. The number of aromatic nitrogens is 1. The molecular weight excluding hydrogens is 274 g/mol. The summed E-state index contributed by atoms with van der Waals surface area (Å²) in [5.74, 6) is 1.33. The van der Waals surface area contributed by atoms with E-state index in [4.69, 9.17) is 0 Å². The molecule has 4 heterocycles. The molecule has 1 N–H and O–H groups in total. The van der Waals surface area contributed by atoms with E-state index in [2.05, 4.69) is 28.9 Å². The zero-order valence-corrected chi connectivity index (χ0v) is 12.9. The molecule has 3 saturated heterocycles. The number of para-hydroxylation sites is 1. The number of anilines is 1. The monoisotopic (exact) mass is 295 g/mol. The van der Waals surface area contributed by atoms with Crippen molar-refractivity contribution < 1.29 is 4.79 Å². The third-order valence-electron chi connectivity index (χ3n) is 5.26. The largest absolute Gasteiger partial charge is 0.375 e. The number of hydrogen-bond acceptors (Lipinski definition) is 2. The van der Waals surface area contributed by atoms with E-state index in [1.165, 1.54) is 0 Å². The first kappa shape index (κ1) is 13.4. The molecule has 114 valence electrons. The van der Waals surface area contributed by atoms with Crippen LogP contribution in [0.25, 0.3) is 10.9 Å². The van der Waals surface area contributed by atoms with Gasteiger partial charge in [-0.15, -0.1) is 0 Å². The van der Waals surface area contributed by atoms with Gasteiger partial charge in [0.1, 0.15) is 5.82 Å². The fourth-order valence-electron chi connectivity index (χ4n) is 3.97. The molecule has 1 unspecified atom stereocenters. The molecular formula is C18H21N3O. The maximum atomic E-state index is 12.8. The van der Waals surface area contributed by atoms with Crippen LogP contribution < -0.4 is 5.32 Å². The van der Waals surface area contributed by atoms with Crippen molar-refractivity contribution in [2.24, 2.45) is 18.9 Å². The smallest absolute Gasteiger partial charge is 0.234 e. The van der Waals surface area contributed by atoms with E-state index in [0.717, 1.165) is 48.3 Å². The van der Waals surface area contributed by atoms with Crippen LogP contribution in [0.1, 0.15) is 12.8 Å². The molecule has 5 rings (SSSR count). The van der Waals surface area contributed by atoms with Gasteiger partial charge in [0, 0.05) is 36.7 Å². The number of carbonyl (C=O) groups excluding carboxylic acids is 1. The topological polar surface area (TPSA) is 37.3 Å². The van der Waals surface area contributed by atoms with Gasteiger partial charge >= 0.3 is 0 Å². The van der Waals surface area contributed by atoms with Crippen LogP contribution in [-0.2, 0) is 11.8 Å². The molecule has 3 aliphatic heterocycles. The van der Waals surface area contributed by atoms with Crippen molar-refractivity contribution in [3.63, 3.8) is 0 Å². The molecule has 0 saturated carbocycles. The third-order valence-corrected chi connectivity index (χ3v) is 5.26. The molecule has 1 atom stereocenters. The van der Waals surface area contributed by atoms with Crippen LogP contribution in [0.5, 0.6) is 0 Å². The van der Waals surface area contributed by atoms with Crippen molar-refractivity contribution in [2.45, 2.75) is 12.8 Å². The Morgan fingerprint density at radius 1 is 1.27 bits per heavy atom. The molecule has 2 aromatic rings. The summed E-state index contributed by atoms with van der Waals surface area (Å²) in [5.41, 5.74) is 2.13. The first-order chi connectivity index (χ1) is 10.6. The van der Waals surface area contributed by atoms with Crippen molar-refractivity contribution in [1.82, 2.24) is 9.47 Å². The Kier molecular flexibility index (Phi) is 2.99. The fraction of sp³-hybridized carbons (Fsp3) is 0.389. The molecule has 2 bridgehead atoms. The summed E-state index contributed by atoms with van der Waals surface area (Å²) in [6.07, 6.45) is 2.21. The lowest BCUT2D eigenvalue weighted by Gasteiger charge is -2.46. The number of hydrogen-bond donors (Lipinski definition) is 1. The van der Waals surface area contributed by atoms with E-state index in [1.807, 2.05) is 29.8 Å². The Hall–Kier alpha value is -2.23. The average Bonchev–Trinajstić information content (AvgIpc) is 2.85. The molecule has 3 fully saturated rings. The predicted octanol–water partition coefficient (Wildman–Crippen LogP) is 2.97. The highest BCUT2D eigenvalue weighted by atomic mass is 16.2. The van der Waals surface area contributed by atoms with E-state index in [-0.39, 0.29) is 11.8 Å². The molecule has 4 nitrogen and oxygen atoms in total. The Morgan fingerprint density at radius 3 is 2.68 bits per heavy atom. The number of benzene rings is 1. The fourth-order valence-corrected chi connectivity index (χ4v) is 3.97. The standard InChI is InChI=1S/C18H21N3O/c1-12-17(13-7-9-21(12)10-8-13)18(22)19-16-11-14-5-3-4-6-15(14)20(16)2/h3-6,11,13,17H,1,7-10H2,2H3,(H,19,22). The van der Waals surface area contributed by atoms with Crippen molar-refractivity contribution in [1.29, 1.82) is 0 Å². The molecule has 0 spiro atoms. The summed E-state index contributed by atoms with van der Waals surface area (Å²) < 4.78 is 2.04. The highest BCUT2D eigenvalue weighted by molar-refractivity contribution is 5.97. The number of fused-ring (bicyclic) bond motifs is 4. The number of aryl methyl sites for hydroxylation is 1. The van der Waals surface area contributed by atoms with Crippen LogP contribution >= 0.6 is 0 Å². The van der Waals surface area contributed by atoms with Crippen LogP contribution in [0.4, 0.5) is 5.82 Å². The van der Waals surface area contributed by atoms with Gasteiger partial charge in [-0.2, -0.15) is 0 Å². The van der Waals surface area contributed by atoms with Crippen molar-refractivity contribution in [2.75, 3.05) is 18.4 Å². The van der Waals surface area contributed by atoms with Gasteiger partial charge in [0.05, 0.1) is 5.92 Å². The Morgan fingerprint density at radius 2 is 2.00 bits per heavy atom. The van der Waals surface area contributed by atoms with Gasteiger partial charge < -0.3 is 14.8 Å². The van der Waals surface area contributed by atoms with Crippen molar-refractivity contribution in [3.8, 4) is 0 Å². The Balaban J connectivity index is 1.61. The van der Waals surface area contributed by atoms with Crippen LogP contribution in [-0.4, -0.2) is 28.5 Å². The first-order valence-corrected chi connectivity index (χ1v) is 7.94. The van der Waals surface area contributed by atoms with E-state index < -0.39 is 0 Å². The van der Waals surface area contributed by atoms with Gasteiger partial charge in [0.25, 0.3) is 0 Å². The van der Waals surface area contributed by atoms with Gasteiger partial charge in [-0.25, -0.2) is 0 Å². The zero-order chi connectivity index (χ0) is 15.3. The van der Waals surface area contributed by atoms with Crippen molar-refractivity contribution >= 4 is 22.6 Å². The van der Waals surface area contributed by atoms with Gasteiger partial charge in [0.15, 0.2) is 0 Å². The van der Waals surface area contributed by atoms with E-state index in [1.54, 1.807) is 0 Å². The summed E-state index contributed by atoms with van der Waals surface area (Å²) in [6, 6.07) is 10.2. The molecule has 1 aromatic heterocycles. The molecule has 22 heavy (non-hydrogen) atoms. The van der Waals surface area contributed by atoms with Gasteiger partial charge in [-0.05, 0) is 30.9 Å². The lowest BCUT2D eigenvalue weighted by Crippen LogP contribution is -2.49. The highest BCUT2D eigenvalue weighted by Crippen LogP contribution is 2.39. The molecule has 1 amide bonds. The number of carbonyl (C=O) groups is 1. The molecule has 1 aromatic carbocycles. The lowest BCUT2D eigenvalue weighted by atomic mass is 9.76. The second-order valence-corrected chi connectivity index (χ2v) is 6.43. The average molecular weight is 295 g/mol. The van der Waals surface area contributed by atoms with Crippen LogP contribution in [0.2, 0.25) is 0 Å². The summed E-state index contributed by atoms with van der Waals surface area (Å²) in [7, 11) is 1.99. The maximum Gasteiger partial charge on any atom is 0.234 e. The third kappa shape index (κ3) is 1.94. The van der Waals surface area contributed by atoms with E-state index in [9.17, 15) is 4.79 Å². The molecule has 0 aliphatic carbocycles. The predicted molar refractivity (Wildman–Crippen MR) is 88.5 cm³/mol. The van der Waals surface area contributed by atoms with Crippen LogP contribution in [0.15, 0.2) is 42.6 Å². The van der Waals surface area contributed by atoms with Crippen LogP contribution in [0, 0.1) is 11.8 Å². The molecule has 0 radical (unpaired) electrons. The number of rotatable bonds is 2. The molecule has 3 aliphatic rings. The zero-order valence-electron chi connectivity index (χ0n) is 12.9. The maximum absolute atomic E-state index is 12.8. The summed E-state index contributed by atoms with van der Waals surface area (Å²) in [4.78, 5) is 15.1. The SMILES string of the molecule is C=C1C(C(=O)Nc2cc3ccccc3n2C)C2CCN1CC2. The van der Waals surface area contributed by atoms with E-state index in [0.29, 0.717) is 5.92 Å². The minimum absolute atomic E-state index is 0.0690. The number of nitrogens with one attached hydrogen (secondary N) is 1. The first-order valence-electron chi connectivity index (χ1n) is 7.94.